The second-order valence-corrected chi connectivity index (χ2v) is 5.19. The van der Waals surface area contributed by atoms with Crippen molar-refractivity contribution in [1.82, 2.24) is 4.90 Å². The third-order valence-corrected chi connectivity index (χ3v) is 3.91. The van der Waals surface area contributed by atoms with E-state index in [1.54, 1.807) is 0 Å². The number of benzene rings is 1. The van der Waals surface area contributed by atoms with Crippen LogP contribution in [0.5, 0.6) is 0 Å². The van der Waals surface area contributed by atoms with Crippen LogP contribution in [-0.2, 0) is 4.79 Å². The molecule has 1 aromatic carbocycles. The monoisotopic (exact) mass is 255 g/mol. The van der Waals surface area contributed by atoms with Gasteiger partial charge in [-0.15, -0.1) is 0 Å². The van der Waals surface area contributed by atoms with Crippen LogP contribution in [0.25, 0.3) is 0 Å². The van der Waals surface area contributed by atoms with Crippen molar-refractivity contribution in [3.05, 3.63) is 47.2 Å². The molecule has 0 fully saturated rings. The van der Waals surface area contributed by atoms with E-state index in [-0.39, 0.29) is 5.91 Å². The Balaban J connectivity index is 1.90. The number of nitrogens with zero attached hydrogens (tertiary/aromatic N) is 1. The summed E-state index contributed by atoms with van der Waals surface area (Å²) in [5.74, 6) is 0.384. The van der Waals surface area contributed by atoms with Gasteiger partial charge < -0.3 is 4.90 Å². The van der Waals surface area contributed by atoms with Crippen LogP contribution in [0.2, 0.25) is 0 Å². The molecule has 0 N–H and O–H groups in total. The second kappa shape index (κ2) is 5.00. The lowest BCUT2D eigenvalue weighted by Gasteiger charge is -2.34. The summed E-state index contributed by atoms with van der Waals surface area (Å²) in [6.07, 6.45) is 3.79. The van der Waals surface area contributed by atoms with Crippen molar-refractivity contribution in [3.63, 3.8) is 0 Å². The van der Waals surface area contributed by atoms with Crippen LogP contribution < -0.4 is 0 Å². The largest absolute Gasteiger partial charge is 0.312 e. The Morgan fingerprint density at radius 3 is 2.63 bits per heavy atom. The lowest BCUT2D eigenvalue weighted by atomic mass is 9.88. The highest BCUT2D eigenvalue weighted by Crippen LogP contribution is 2.33. The van der Waals surface area contributed by atoms with Gasteiger partial charge in [-0.25, -0.2) is 0 Å². The summed E-state index contributed by atoms with van der Waals surface area (Å²) < 4.78 is 0. The molecule has 0 atom stereocenters. The number of amides is 1. The summed E-state index contributed by atoms with van der Waals surface area (Å²) in [6, 6.07) is 9.39. The highest BCUT2D eigenvalue weighted by Gasteiger charge is 2.29. The fourth-order valence-electron chi connectivity index (χ4n) is 2.97. The molecule has 0 spiro atoms. The highest BCUT2D eigenvalue weighted by atomic mass is 16.2. The van der Waals surface area contributed by atoms with Crippen LogP contribution in [0, 0.1) is 0 Å². The Hall–Kier alpha value is -1.90. The molecule has 0 saturated heterocycles. The Morgan fingerprint density at radius 1 is 1.05 bits per heavy atom. The molecule has 3 nitrogen and oxygen atoms in total. The predicted octanol–water partition coefficient (Wildman–Crippen LogP) is 2.93. The lowest BCUT2D eigenvalue weighted by molar-refractivity contribution is -0.119. The van der Waals surface area contributed by atoms with Gasteiger partial charge in [0.1, 0.15) is 5.78 Å². The van der Waals surface area contributed by atoms with E-state index < -0.39 is 0 Å². The van der Waals surface area contributed by atoms with Crippen LogP contribution in [-0.4, -0.2) is 23.1 Å². The van der Waals surface area contributed by atoms with Gasteiger partial charge in [0.25, 0.3) is 5.91 Å². The van der Waals surface area contributed by atoms with Gasteiger partial charge in [-0.1, -0.05) is 18.2 Å². The number of hydrogen-bond acceptors (Lipinski definition) is 2. The van der Waals surface area contributed by atoms with Crippen molar-refractivity contribution in [3.8, 4) is 0 Å². The van der Waals surface area contributed by atoms with E-state index in [4.69, 9.17) is 0 Å². The smallest absolute Gasteiger partial charge is 0.258 e. The van der Waals surface area contributed by atoms with E-state index in [2.05, 4.69) is 0 Å². The van der Waals surface area contributed by atoms with Gasteiger partial charge in [0.05, 0.1) is 0 Å². The zero-order chi connectivity index (χ0) is 13.2. The molecule has 1 amide bonds. The molecule has 0 saturated carbocycles. The number of hydrogen-bond donors (Lipinski definition) is 0. The van der Waals surface area contributed by atoms with Crippen LogP contribution in [0.3, 0.4) is 0 Å². The van der Waals surface area contributed by atoms with E-state index in [0.717, 1.165) is 37.1 Å². The molecule has 0 radical (unpaired) electrons. The van der Waals surface area contributed by atoms with Gasteiger partial charge >= 0.3 is 0 Å². The molecule has 1 heterocycles. The molecule has 0 bridgehead atoms. The SMILES string of the molecule is O=C1CCC2=C(CCCN2C(=O)c2ccccc2)C1. The molecule has 1 aliphatic heterocycles. The first-order valence-electron chi connectivity index (χ1n) is 6.85. The molecular weight excluding hydrogens is 238 g/mol. The van der Waals surface area contributed by atoms with Gasteiger partial charge in [-0.3, -0.25) is 9.59 Å². The zero-order valence-electron chi connectivity index (χ0n) is 10.9. The maximum atomic E-state index is 12.5. The standard InChI is InChI=1S/C16H17NO2/c18-14-8-9-15-13(11-14)7-4-10-17(15)16(19)12-5-2-1-3-6-12/h1-3,5-6H,4,7-11H2. The third kappa shape index (κ3) is 2.33. The summed E-state index contributed by atoms with van der Waals surface area (Å²) in [5.41, 5.74) is 3.03. The molecule has 2 aliphatic rings. The zero-order valence-corrected chi connectivity index (χ0v) is 10.9. The van der Waals surface area contributed by atoms with Crippen molar-refractivity contribution in [2.75, 3.05) is 6.54 Å². The quantitative estimate of drug-likeness (QED) is 0.773. The maximum absolute atomic E-state index is 12.5. The first-order chi connectivity index (χ1) is 9.25. The second-order valence-electron chi connectivity index (χ2n) is 5.19. The Labute approximate surface area is 112 Å². The molecule has 1 aliphatic carbocycles. The lowest BCUT2D eigenvalue weighted by Crippen LogP contribution is -2.36. The number of rotatable bonds is 1. The number of carbonyl (C=O) groups excluding carboxylic acids is 2. The number of allylic oxidation sites excluding steroid dienone is 2. The molecule has 1 aromatic rings. The van der Waals surface area contributed by atoms with Crippen molar-refractivity contribution in [2.24, 2.45) is 0 Å². The summed E-state index contributed by atoms with van der Waals surface area (Å²) in [7, 11) is 0. The van der Waals surface area contributed by atoms with E-state index in [0.29, 0.717) is 18.6 Å². The van der Waals surface area contributed by atoms with Gasteiger partial charge in [0.2, 0.25) is 0 Å². The average Bonchev–Trinajstić information content (AvgIpc) is 2.46. The van der Waals surface area contributed by atoms with Crippen LogP contribution >= 0.6 is 0 Å². The summed E-state index contributed by atoms with van der Waals surface area (Å²) in [5, 5.41) is 0. The summed E-state index contributed by atoms with van der Waals surface area (Å²) in [4.78, 5) is 26.0. The predicted molar refractivity (Wildman–Crippen MR) is 72.6 cm³/mol. The Bertz CT molecular complexity index is 545. The fourth-order valence-corrected chi connectivity index (χ4v) is 2.97. The van der Waals surface area contributed by atoms with Crippen LogP contribution in [0.4, 0.5) is 0 Å². The van der Waals surface area contributed by atoms with Crippen molar-refractivity contribution in [1.29, 1.82) is 0 Å². The molecule has 19 heavy (non-hydrogen) atoms. The van der Waals surface area contributed by atoms with Crippen molar-refractivity contribution >= 4 is 11.7 Å². The van der Waals surface area contributed by atoms with Gasteiger partial charge in [0, 0.05) is 30.6 Å². The normalized spacial score (nSPS) is 19.4. The van der Waals surface area contributed by atoms with Crippen molar-refractivity contribution in [2.45, 2.75) is 32.1 Å². The number of Topliss-reactive ketones (excluding diaryl/α,β-unsaturated/α-hetero) is 1. The minimum Gasteiger partial charge on any atom is -0.312 e. The first-order valence-corrected chi connectivity index (χ1v) is 6.85. The first kappa shape index (κ1) is 12.2. The van der Waals surface area contributed by atoms with E-state index >= 15 is 0 Å². The van der Waals surface area contributed by atoms with Crippen LogP contribution in [0.15, 0.2) is 41.6 Å². The van der Waals surface area contributed by atoms with E-state index in [1.807, 2.05) is 35.2 Å². The third-order valence-electron chi connectivity index (χ3n) is 3.91. The minimum atomic E-state index is 0.0714. The van der Waals surface area contributed by atoms with E-state index in [9.17, 15) is 9.59 Å². The fraction of sp³-hybridized carbons (Fsp3) is 0.375. The number of ketones is 1. The van der Waals surface area contributed by atoms with Gasteiger partial charge in [-0.2, -0.15) is 0 Å². The Kier molecular flexibility index (Phi) is 3.20. The highest BCUT2D eigenvalue weighted by molar-refractivity contribution is 5.96. The average molecular weight is 255 g/mol. The van der Waals surface area contributed by atoms with Crippen molar-refractivity contribution < 1.29 is 9.59 Å². The summed E-state index contributed by atoms with van der Waals surface area (Å²) >= 11 is 0. The molecule has 3 heteroatoms. The molecule has 98 valence electrons. The van der Waals surface area contributed by atoms with E-state index in [1.165, 1.54) is 5.57 Å². The summed E-state index contributed by atoms with van der Waals surface area (Å²) in [6.45, 7) is 0.779. The molecule has 0 unspecified atom stereocenters. The minimum absolute atomic E-state index is 0.0714. The molecule has 3 rings (SSSR count). The van der Waals surface area contributed by atoms with Gasteiger partial charge in [-0.05, 0) is 37.0 Å². The van der Waals surface area contributed by atoms with Gasteiger partial charge in [0.15, 0.2) is 0 Å². The topological polar surface area (TPSA) is 37.4 Å². The number of carbonyl (C=O) groups is 2. The van der Waals surface area contributed by atoms with Crippen LogP contribution in [0.1, 0.15) is 42.5 Å². The molecule has 0 aromatic heterocycles. The molecular formula is C16H17NO2. The maximum Gasteiger partial charge on any atom is 0.258 e. The Morgan fingerprint density at radius 2 is 1.84 bits per heavy atom.